The van der Waals surface area contributed by atoms with Crippen LogP contribution in [0.25, 0.3) is 0 Å². The Bertz CT molecular complexity index is 331. The van der Waals surface area contributed by atoms with E-state index in [1.54, 1.807) is 12.2 Å². The monoisotopic (exact) mass is 265 g/mol. The molecule has 72 valence electrons. The molecule has 0 aromatic heterocycles. The zero-order chi connectivity index (χ0) is 9.84. The van der Waals surface area contributed by atoms with Crippen molar-refractivity contribution in [3.8, 4) is 0 Å². The van der Waals surface area contributed by atoms with Crippen molar-refractivity contribution in [1.29, 1.82) is 0 Å². The van der Waals surface area contributed by atoms with Gasteiger partial charge in [-0.1, -0.05) is 15.9 Å². The third-order valence-corrected chi connectivity index (χ3v) is 3.75. The maximum absolute atomic E-state index is 10.6. The summed E-state index contributed by atoms with van der Waals surface area (Å²) in [5, 5.41) is 12.3. The summed E-state index contributed by atoms with van der Waals surface area (Å²) in [4.78, 5) is 14.4. The van der Waals surface area contributed by atoms with Gasteiger partial charge < -0.3 is 9.84 Å². The number of halogens is 1. The molecule has 0 bridgehead atoms. The average Bonchev–Trinajstić information content (AvgIpc) is 2.44. The van der Waals surface area contributed by atoms with Crippen LogP contribution in [0.4, 0.5) is 0 Å². The molecule has 0 aromatic carbocycles. The largest absolute Gasteiger partial charge is 0.490 e. The van der Waals surface area contributed by atoms with E-state index in [0.29, 0.717) is 17.0 Å². The normalized spacial score (nSPS) is 21.4. The van der Waals surface area contributed by atoms with Crippen LogP contribution in [0.5, 0.6) is 0 Å². The standard InChI is InChI=1S/C7H8BrNO3S/c1-2-12-7-6(11)9-5(3-8)13(7)4-10/h11H,2-3H2,1H3. The third-order valence-electron chi connectivity index (χ3n) is 1.31. The van der Waals surface area contributed by atoms with Crippen LogP contribution in [-0.2, 0) is 9.53 Å². The number of hydrogen-bond acceptors (Lipinski definition) is 4. The number of aliphatic hydroxyl groups excluding tert-OH is 1. The zero-order valence-electron chi connectivity index (χ0n) is 6.91. The minimum Gasteiger partial charge on any atom is -0.490 e. The van der Waals surface area contributed by atoms with E-state index < -0.39 is 10.5 Å². The van der Waals surface area contributed by atoms with Gasteiger partial charge in [-0.05, 0) is 6.92 Å². The molecule has 0 fully saturated rings. The van der Waals surface area contributed by atoms with Crippen molar-refractivity contribution in [1.82, 2.24) is 0 Å². The first kappa shape index (κ1) is 10.5. The molecular weight excluding hydrogens is 258 g/mol. The summed E-state index contributed by atoms with van der Waals surface area (Å²) in [5.41, 5.74) is 0. The van der Waals surface area contributed by atoms with Crippen molar-refractivity contribution in [3.05, 3.63) is 11.0 Å². The predicted molar refractivity (Wildman–Crippen MR) is 55.8 cm³/mol. The van der Waals surface area contributed by atoms with Gasteiger partial charge in [0.2, 0.25) is 5.09 Å². The predicted octanol–water partition coefficient (Wildman–Crippen LogP) is 1.85. The van der Waals surface area contributed by atoms with E-state index in [1.807, 2.05) is 0 Å². The van der Waals surface area contributed by atoms with E-state index in [2.05, 4.69) is 20.9 Å². The summed E-state index contributed by atoms with van der Waals surface area (Å²) >= 11 is 3.17. The quantitative estimate of drug-likeness (QED) is 0.626. The van der Waals surface area contributed by atoms with E-state index >= 15 is 0 Å². The molecule has 0 spiro atoms. The van der Waals surface area contributed by atoms with E-state index in [1.165, 1.54) is 0 Å². The van der Waals surface area contributed by atoms with Crippen LogP contribution < -0.4 is 0 Å². The van der Waals surface area contributed by atoms with Gasteiger partial charge in [-0.2, -0.15) is 0 Å². The van der Waals surface area contributed by atoms with E-state index in [9.17, 15) is 9.90 Å². The van der Waals surface area contributed by atoms with Gasteiger partial charge >= 0.3 is 0 Å². The molecule has 1 aliphatic heterocycles. The Hall–Kier alpha value is -0.580. The van der Waals surface area contributed by atoms with Gasteiger partial charge in [0.25, 0.3) is 5.88 Å². The molecule has 1 unspecified atom stereocenters. The minimum atomic E-state index is -0.935. The molecule has 13 heavy (non-hydrogen) atoms. The Morgan fingerprint density at radius 3 is 2.92 bits per heavy atom. The molecule has 0 radical (unpaired) electrons. The summed E-state index contributed by atoms with van der Waals surface area (Å²) < 4.78 is 5.09. The molecule has 1 atom stereocenters. The fourth-order valence-corrected chi connectivity index (χ4v) is 2.78. The lowest BCUT2D eigenvalue weighted by Crippen LogP contribution is -1.95. The van der Waals surface area contributed by atoms with Gasteiger partial charge in [-0.3, -0.25) is 0 Å². The summed E-state index contributed by atoms with van der Waals surface area (Å²) in [6.45, 7) is 2.18. The van der Waals surface area contributed by atoms with Gasteiger partial charge in [0, 0.05) is 10.5 Å². The molecule has 4 nitrogen and oxygen atoms in total. The van der Waals surface area contributed by atoms with Crippen LogP contribution in [0.2, 0.25) is 0 Å². The maximum Gasteiger partial charge on any atom is 0.263 e. The smallest absolute Gasteiger partial charge is 0.263 e. The molecule has 0 saturated heterocycles. The van der Waals surface area contributed by atoms with Gasteiger partial charge in [-0.15, -0.1) is 0 Å². The summed E-state index contributed by atoms with van der Waals surface area (Å²) in [6, 6.07) is 0. The number of alkyl halides is 1. The highest BCUT2D eigenvalue weighted by molar-refractivity contribution is 9.09. The third kappa shape index (κ3) is 2.02. The fourth-order valence-electron chi connectivity index (χ4n) is 0.833. The second-order valence-electron chi connectivity index (χ2n) is 2.07. The fraction of sp³-hybridized carbons (Fsp3) is 0.429. The van der Waals surface area contributed by atoms with Gasteiger partial charge in [-0.25, -0.2) is 9.79 Å². The number of hydrogen-bond donors (Lipinski definition) is 1. The van der Waals surface area contributed by atoms with Crippen LogP contribution in [0.1, 0.15) is 6.92 Å². The first-order valence-electron chi connectivity index (χ1n) is 3.56. The van der Waals surface area contributed by atoms with Gasteiger partial charge in [0.1, 0.15) is 5.04 Å². The highest BCUT2D eigenvalue weighted by atomic mass is 79.9. The lowest BCUT2D eigenvalue weighted by molar-refractivity contribution is 0.234. The van der Waals surface area contributed by atoms with Crippen LogP contribution >= 0.6 is 26.4 Å². The van der Waals surface area contributed by atoms with Crippen LogP contribution in [-0.4, -0.2) is 27.3 Å². The molecule has 0 aliphatic carbocycles. The van der Waals surface area contributed by atoms with Crippen molar-refractivity contribution in [3.63, 3.8) is 0 Å². The lowest BCUT2D eigenvalue weighted by Gasteiger charge is -2.03. The Kier molecular flexibility index (Phi) is 3.71. The first-order valence-corrected chi connectivity index (χ1v) is 5.90. The van der Waals surface area contributed by atoms with Gasteiger partial charge in [0.15, 0.2) is 5.23 Å². The second kappa shape index (κ2) is 4.60. The summed E-state index contributed by atoms with van der Waals surface area (Å²) in [5.74, 6) is -0.206. The summed E-state index contributed by atoms with van der Waals surface area (Å²) in [7, 11) is -0.935. The molecule has 1 rings (SSSR count). The number of rotatable bonds is 3. The maximum atomic E-state index is 10.6. The Labute approximate surface area is 86.4 Å². The van der Waals surface area contributed by atoms with E-state index in [-0.39, 0.29) is 11.0 Å². The van der Waals surface area contributed by atoms with Crippen molar-refractivity contribution < 1.29 is 14.6 Å². The van der Waals surface area contributed by atoms with Crippen LogP contribution in [0.3, 0.4) is 0 Å². The summed E-state index contributed by atoms with van der Waals surface area (Å²) in [6.07, 6.45) is 0. The molecule has 1 N–H and O–H groups in total. The van der Waals surface area contributed by atoms with E-state index in [0.717, 1.165) is 0 Å². The van der Waals surface area contributed by atoms with Crippen molar-refractivity contribution in [2.45, 2.75) is 6.92 Å². The number of carbonyl (C=O) groups excluding carboxylic acids is 1. The molecule has 6 heteroatoms. The zero-order valence-corrected chi connectivity index (χ0v) is 9.31. The molecule has 0 aromatic rings. The Morgan fingerprint density at radius 1 is 1.77 bits per heavy atom. The molecule has 1 aliphatic rings. The molecule has 1 heterocycles. The Balaban J connectivity index is 3.01. The topological polar surface area (TPSA) is 58.9 Å². The van der Waals surface area contributed by atoms with Gasteiger partial charge in [0.05, 0.1) is 11.9 Å². The van der Waals surface area contributed by atoms with Crippen molar-refractivity contribution in [2.24, 2.45) is 4.99 Å². The van der Waals surface area contributed by atoms with Crippen LogP contribution in [0.15, 0.2) is 16.0 Å². The SMILES string of the molecule is CCOC1=C(O)N=C(CBr)S1=C=O. The molecule has 0 saturated carbocycles. The molecular formula is C7H8BrNO3S. The average molecular weight is 266 g/mol. The minimum absolute atomic E-state index is 0.206. The second-order valence-corrected chi connectivity index (χ2v) is 4.25. The van der Waals surface area contributed by atoms with Crippen molar-refractivity contribution in [2.75, 3.05) is 11.9 Å². The van der Waals surface area contributed by atoms with Crippen molar-refractivity contribution >= 4 is 36.7 Å². The number of nitrogens with zero attached hydrogens (tertiary/aromatic N) is 1. The lowest BCUT2D eigenvalue weighted by atomic mass is 10.8. The number of ether oxygens (including phenoxy) is 1. The Morgan fingerprint density at radius 2 is 2.46 bits per heavy atom. The highest BCUT2D eigenvalue weighted by Gasteiger charge is 2.24. The van der Waals surface area contributed by atoms with Crippen LogP contribution in [0, 0.1) is 0 Å². The number of aliphatic hydroxyl groups is 1. The van der Waals surface area contributed by atoms with E-state index in [4.69, 9.17) is 4.74 Å². The highest BCUT2D eigenvalue weighted by Crippen LogP contribution is 2.35. The number of aliphatic imine (C=N–C) groups is 1. The first-order chi connectivity index (χ1) is 6.24. The molecule has 0 amide bonds.